The SMILES string of the molecule is Cl.NC1(C(=O)NC2CC(=O)N(CCOc3ccccc3)C2)CCCCC1. The molecule has 1 unspecified atom stereocenters. The van der Waals surface area contributed by atoms with Crippen molar-refractivity contribution in [1.82, 2.24) is 10.2 Å². The Labute approximate surface area is 160 Å². The molecule has 2 aliphatic rings. The largest absolute Gasteiger partial charge is 0.492 e. The summed E-state index contributed by atoms with van der Waals surface area (Å²) in [6.07, 6.45) is 4.94. The minimum Gasteiger partial charge on any atom is -0.492 e. The van der Waals surface area contributed by atoms with Crippen LogP contribution < -0.4 is 15.8 Å². The number of likely N-dealkylation sites (tertiary alicyclic amines) is 1. The fourth-order valence-electron chi connectivity index (χ4n) is 3.61. The van der Waals surface area contributed by atoms with Crippen molar-refractivity contribution in [2.24, 2.45) is 5.73 Å². The topological polar surface area (TPSA) is 84.7 Å². The molecule has 1 aromatic carbocycles. The third-order valence-electron chi connectivity index (χ3n) is 5.12. The van der Waals surface area contributed by atoms with Gasteiger partial charge >= 0.3 is 0 Å². The molecule has 7 heteroatoms. The number of hydrogen-bond donors (Lipinski definition) is 2. The van der Waals surface area contributed by atoms with E-state index in [1.165, 1.54) is 0 Å². The highest BCUT2D eigenvalue weighted by Gasteiger charge is 2.38. The third-order valence-corrected chi connectivity index (χ3v) is 5.12. The van der Waals surface area contributed by atoms with Crippen molar-refractivity contribution in [1.29, 1.82) is 0 Å². The Balaban J connectivity index is 0.00000243. The van der Waals surface area contributed by atoms with Gasteiger partial charge in [-0.25, -0.2) is 0 Å². The number of nitrogens with two attached hydrogens (primary N) is 1. The van der Waals surface area contributed by atoms with Gasteiger partial charge in [-0.1, -0.05) is 37.5 Å². The number of nitrogens with zero attached hydrogens (tertiary/aromatic N) is 1. The van der Waals surface area contributed by atoms with Gasteiger partial charge in [-0.3, -0.25) is 9.59 Å². The van der Waals surface area contributed by atoms with Crippen molar-refractivity contribution in [2.45, 2.75) is 50.1 Å². The molecule has 1 saturated carbocycles. The molecular formula is C19H28ClN3O3. The molecule has 2 fully saturated rings. The first-order valence-electron chi connectivity index (χ1n) is 9.12. The number of para-hydroxylation sites is 1. The van der Waals surface area contributed by atoms with Crippen LogP contribution in [0.3, 0.4) is 0 Å². The van der Waals surface area contributed by atoms with E-state index in [2.05, 4.69) is 5.32 Å². The van der Waals surface area contributed by atoms with Gasteiger partial charge in [0.2, 0.25) is 11.8 Å². The maximum absolute atomic E-state index is 12.5. The van der Waals surface area contributed by atoms with Crippen LogP contribution in [0.15, 0.2) is 30.3 Å². The lowest BCUT2D eigenvalue weighted by Gasteiger charge is -2.32. The molecule has 144 valence electrons. The number of ether oxygens (including phenoxy) is 1. The number of amides is 2. The molecule has 2 amide bonds. The van der Waals surface area contributed by atoms with E-state index in [0.29, 0.717) is 26.1 Å². The summed E-state index contributed by atoms with van der Waals surface area (Å²) in [5.41, 5.74) is 5.51. The first-order valence-corrected chi connectivity index (χ1v) is 9.12. The van der Waals surface area contributed by atoms with Gasteiger partial charge in [-0.15, -0.1) is 12.4 Å². The smallest absolute Gasteiger partial charge is 0.240 e. The highest BCUT2D eigenvalue weighted by atomic mass is 35.5. The predicted octanol–water partition coefficient (Wildman–Crippen LogP) is 1.87. The van der Waals surface area contributed by atoms with Crippen LogP contribution in [-0.2, 0) is 9.59 Å². The minimum absolute atomic E-state index is 0. The van der Waals surface area contributed by atoms with Crippen LogP contribution in [0.25, 0.3) is 0 Å². The minimum atomic E-state index is -0.759. The number of benzene rings is 1. The molecule has 1 heterocycles. The Kier molecular flexibility index (Phi) is 7.29. The van der Waals surface area contributed by atoms with Crippen LogP contribution >= 0.6 is 12.4 Å². The molecule has 1 saturated heterocycles. The van der Waals surface area contributed by atoms with Crippen molar-refractivity contribution in [3.63, 3.8) is 0 Å². The normalized spacial score (nSPS) is 21.8. The second kappa shape index (κ2) is 9.24. The van der Waals surface area contributed by atoms with Crippen molar-refractivity contribution >= 4 is 24.2 Å². The number of halogens is 1. The zero-order valence-electron chi connectivity index (χ0n) is 15.0. The fourth-order valence-corrected chi connectivity index (χ4v) is 3.61. The lowest BCUT2D eigenvalue weighted by Crippen LogP contribution is -2.57. The monoisotopic (exact) mass is 381 g/mol. The number of rotatable bonds is 6. The summed E-state index contributed by atoms with van der Waals surface area (Å²) in [7, 11) is 0. The molecule has 3 rings (SSSR count). The van der Waals surface area contributed by atoms with Crippen molar-refractivity contribution < 1.29 is 14.3 Å². The van der Waals surface area contributed by atoms with Crippen molar-refractivity contribution in [2.75, 3.05) is 19.7 Å². The second-order valence-corrected chi connectivity index (χ2v) is 7.09. The Bertz CT molecular complexity index is 605. The Morgan fingerprint density at radius 1 is 1.23 bits per heavy atom. The summed E-state index contributed by atoms with van der Waals surface area (Å²) >= 11 is 0. The molecule has 0 aromatic heterocycles. The number of hydrogen-bond acceptors (Lipinski definition) is 4. The van der Waals surface area contributed by atoms with E-state index in [-0.39, 0.29) is 30.3 Å². The first kappa shape index (κ1) is 20.5. The Morgan fingerprint density at radius 2 is 1.92 bits per heavy atom. The number of carbonyl (C=O) groups excluding carboxylic acids is 2. The van der Waals surface area contributed by atoms with E-state index < -0.39 is 5.54 Å². The molecule has 26 heavy (non-hydrogen) atoms. The van der Waals surface area contributed by atoms with Crippen LogP contribution in [0.5, 0.6) is 5.75 Å². The molecule has 1 aliphatic heterocycles. The summed E-state index contributed by atoms with van der Waals surface area (Å²) in [6, 6.07) is 9.38. The zero-order chi connectivity index (χ0) is 17.7. The molecule has 3 N–H and O–H groups in total. The second-order valence-electron chi connectivity index (χ2n) is 7.09. The molecule has 1 aliphatic carbocycles. The van der Waals surface area contributed by atoms with Crippen LogP contribution in [0.1, 0.15) is 38.5 Å². The zero-order valence-corrected chi connectivity index (χ0v) is 15.8. The summed E-state index contributed by atoms with van der Waals surface area (Å²) < 4.78 is 5.64. The standard InChI is InChI=1S/C19H27N3O3.ClH/c20-19(9-5-2-6-10-19)18(24)21-15-13-17(23)22(14-15)11-12-25-16-7-3-1-4-8-16;/h1,3-4,7-8,15H,2,5-6,9-14,20H2,(H,21,24);1H. The average molecular weight is 382 g/mol. The van der Waals surface area contributed by atoms with Gasteiger partial charge in [-0.2, -0.15) is 0 Å². The summed E-state index contributed by atoms with van der Waals surface area (Å²) in [6.45, 7) is 1.49. The maximum atomic E-state index is 12.5. The average Bonchev–Trinajstić information content (AvgIpc) is 2.96. The molecular weight excluding hydrogens is 354 g/mol. The maximum Gasteiger partial charge on any atom is 0.240 e. The third kappa shape index (κ3) is 5.11. The summed E-state index contributed by atoms with van der Waals surface area (Å²) in [5, 5.41) is 2.99. The van der Waals surface area contributed by atoms with E-state index in [4.69, 9.17) is 10.5 Å². The van der Waals surface area contributed by atoms with Gasteiger partial charge in [0, 0.05) is 13.0 Å². The molecule has 1 aromatic rings. The van der Waals surface area contributed by atoms with Crippen LogP contribution in [0.2, 0.25) is 0 Å². The van der Waals surface area contributed by atoms with Crippen molar-refractivity contribution in [3.05, 3.63) is 30.3 Å². The lowest BCUT2D eigenvalue weighted by molar-refractivity contribution is -0.128. The molecule has 6 nitrogen and oxygen atoms in total. The van der Waals surface area contributed by atoms with Gasteiger partial charge < -0.3 is 20.7 Å². The molecule has 0 radical (unpaired) electrons. The number of carbonyl (C=O) groups is 2. The Hall–Kier alpha value is -1.79. The van der Waals surface area contributed by atoms with E-state index in [1.54, 1.807) is 4.90 Å². The highest BCUT2D eigenvalue weighted by Crippen LogP contribution is 2.26. The van der Waals surface area contributed by atoms with Crippen molar-refractivity contribution in [3.8, 4) is 5.75 Å². The summed E-state index contributed by atoms with van der Waals surface area (Å²) in [5.74, 6) is 0.741. The Morgan fingerprint density at radius 3 is 2.62 bits per heavy atom. The van der Waals surface area contributed by atoms with Crippen LogP contribution in [0.4, 0.5) is 0 Å². The number of nitrogens with one attached hydrogen (secondary N) is 1. The quantitative estimate of drug-likeness (QED) is 0.787. The van der Waals surface area contributed by atoms with E-state index in [1.807, 2.05) is 30.3 Å². The van der Waals surface area contributed by atoms with E-state index >= 15 is 0 Å². The highest BCUT2D eigenvalue weighted by molar-refractivity contribution is 5.88. The fraction of sp³-hybridized carbons (Fsp3) is 0.579. The lowest BCUT2D eigenvalue weighted by atomic mass is 9.81. The van der Waals surface area contributed by atoms with Gasteiger partial charge in [0.15, 0.2) is 0 Å². The molecule has 0 bridgehead atoms. The van der Waals surface area contributed by atoms with Gasteiger partial charge in [0.05, 0.1) is 18.1 Å². The van der Waals surface area contributed by atoms with E-state index in [0.717, 1.165) is 37.9 Å². The summed E-state index contributed by atoms with van der Waals surface area (Å²) in [4.78, 5) is 26.4. The van der Waals surface area contributed by atoms with Gasteiger partial charge in [0.1, 0.15) is 12.4 Å². The van der Waals surface area contributed by atoms with Crippen LogP contribution in [-0.4, -0.2) is 48.0 Å². The van der Waals surface area contributed by atoms with Gasteiger partial charge in [-0.05, 0) is 25.0 Å². The first-order chi connectivity index (χ1) is 12.1. The van der Waals surface area contributed by atoms with Gasteiger partial charge in [0.25, 0.3) is 0 Å². The van der Waals surface area contributed by atoms with Crippen LogP contribution in [0, 0.1) is 0 Å². The van der Waals surface area contributed by atoms with E-state index in [9.17, 15) is 9.59 Å². The molecule has 0 spiro atoms. The predicted molar refractivity (Wildman–Crippen MR) is 102 cm³/mol. The molecule has 1 atom stereocenters.